The summed E-state index contributed by atoms with van der Waals surface area (Å²) in [6, 6.07) is 0. The summed E-state index contributed by atoms with van der Waals surface area (Å²) < 4.78 is 0. The highest BCUT2D eigenvalue weighted by Crippen LogP contribution is 2.62. The third-order valence-corrected chi connectivity index (χ3v) is 5.01. The topological polar surface area (TPSA) is 72.4 Å². The van der Waals surface area contributed by atoms with E-state index in [-0.39, 0.29) is 18.6 Å². The zero-order valence-corrected chi connectivity index (χ0v) is 11.0. The Morgan fingerprint density at radius 2 is 1.89 bits per heavy atom. The van der Waals surface area contributed by atoms with Crippen LogP contribution < -0.4 is 0 Å². The highest BCUT2D eigenvalue weighted by molar-refractivity contribution is 5.24. The molecule has 5 heteroatoms. The predicted octanol–water partition coefficient (Wildman–Crippen LogP) is 0.0591. The second-order valence-electron chi connectivity index (χ2n) is 5.87. The fourth-order valence-electron chi connectivity index (χ4n) is 3.60. The molecule has 1 aliphatic carbocycles. The molecular formula is C13H21N3O2. The lowest BCUT2D eigenvalue weighted by Crippen LogP contribution is -2.31. The van der Waals surface area contributed by atoms with E-state index in [1.165, 1.54) is 5.56 Å². The van der Waals surface area contributed by atoms with Crippen LogP contribution in [-0.4, -0.2) is 51.6 Å². The number of fused-ring (bicyclic) bond motifs is 1. The van der Waals surface area contributed by atoms with Crippen molar-refractivity contribution in [3.05, 3.63) is 17.0 Å². The van der Waals surface area contributed by atoms with Gasteiger partial charge in [-0.2, -0.15) is 5.10 Å². The molecule has 18 heavy (non-hydrogen) atoms. The zero-order valence-electron chi connectivity index (χ0n) is 11.0. The Kier molecular flexibility index (Phi) is 2.73. The quantitative estimate of drug-likeness (QED) is 0.707. The SMILES string of the molecule is Cc1n[nH]c(C)c1CN1CC2C(C1)C2(CO)CO. The number of aromatic amines is 1. The van der Waals surface area contributed by atoms with Crippen LogP contribution in [0.4, 0.5) is 0 Å². The molecule has 2 atom stereocenters. The van der Waals surface area contributed by atoms with E-state index in [0.29, 0.717) is 11.8 Å². The first-order valence-corrected chi connectivity index (χ1v) is 6.57. The second kappa shape index (κ2) is 4.05. The van der Waals surface area contributed by atoms with Crippen molar-refractivity contribution in [2.45, 2.75) is 20.4 Å². The van der Waals surface area contributed by atoms with E-state index in [1.54, 1.807) is 0 Å². The Labute approximate surface area is 107 Å². The van der Waals surface area contributed by atoms with E-state index < -0.39 is 0 Å². The lowest BCUT2D eigenvalue weighted by atomic mass is 10.0. The first kappa shape index (κ1) is 12.1. The van der Waals surface area contributed by atoms with Crippen molar-refractivity contribution < 1.29 is 10.2 Å². The molecule has 2 aliphatic rings. The van der Waals surface area contributed by atoms with Gasteiger partial charge in [0, 0.05) is 36.3 Å². The van der Waals surface area contributed by atoms with E-state index >= 15 is 0 Å². The molecule has 0 amide bonds. The first-order valence-electron chi connectivity index (χ1n) is 6.57. The number of aliphatic hydroxyl groups is 2. The Morgan fingerprint density at radius 1 is 1.28 bits per heavy atom. The van der Waals surface area contributed by atoms with Gasteiger partial charge in [0.05, 0.1) is 18.9 Å². The summed E-state index contributed by atoms with van der Waals surface area (Å²) in [5, 5.41) is 26.0. The maximum atomic E-state index is 9.40. The molecule has 0 spiro atoms. The van der Waals surface area contributed by atoms with E-state index in [1.807, 2.05) is 6.92 Å². The lowest BCUT2D eigenvalue weighted by Gasteiger charge is -2.24. The lowest BCUT2D eigenvalue weighted by molar-refractivity contribution is 0.0868. The van der Waals surface area contributed by atoms with Gasteiger partial charge in [0.25, 0.3) is 0 Å². The average Bonchev–Trinajstić information content (AvgIpc) is 2.65. The van der Waals surface area contributed by atoms with Crippen LogP contribution in [0.5, 0.6) is 0 Å². The van der Waals surface area contributed by atoms with Crippen molar-refractivity contribution in [3.8, 4) is 0 Å². The van der Waals surface area contributed by atoms with Gasteiger partial charge in [0.15, 0.2) is 0 Å². The Balaban J connectivity index is 1.64. The number of nitrogens with zero attached hydrogens (tertiary/aromatic N) is 2. The van der Waals surface area contributed by atoms with Gasteiger partial charge in [-0.1, -0.05) is 0 Å². The van der Waals surface area contributed by atoms with E-state index in [9.17, 15) is 10.2 Å². The number of nitrogens with one attached hydrogen (secondary N) is 1. The summed E-state index contributed by atoms with van der Waals surface area (Å²) in [5.41, 5.74) is 3.32. The molecule has 1 saturated heterocycles. The second-order valence-corrected chi connectivity index (χ2v) is 5.87. The smallest absolute Gasteiger partial charge is 0.0639 e. The molecule has 100 valence electrons. The molecule has 3 N–H and O–H groups in total. The van der Waals surface area contributed by atoms with Crippen LogP contribution in [0.15, 0.2) is 0 Å². The monoisotopic (exact) mass is 251 g/mol. The number of aryl methyl sites for hydroxylation is 2. The van der Waals surface area contributed by atoms with Crippen LogP contribution in [-0.2, 0) is 6.54 Å². The Bertz CT molecular complexity index is 420. The summed E-state index contributed by atoms with van der Waals surface area (Å²) in [6.45, 7) is 7.21. The van der Waals surface area contributed by atoms with Crippen LogP contribution in [0.1, 0.15) is 17.0 Å². The first-order chi connectivity index (χ1) is 8.62. The van der Waals surface area contributed by atoms with Crippen molar-refractivity contribution >= 4 is 0 Å². The maximum absolute atomic E-state index is 9.40. The van der Waals surface area contributed by atoms with Crippen LogP contribution in [0, 0.1) is 31.1 Å². The summed E-state index contributed by atoms with van der Waals surface area (Å²) in [6.07, 6.45) is 0. The maximum Gasteiger partial charge on any atom is 0.0639 e. The number of hydrogen-bond acceptors (Lipinski definition) is 4. The fraction of sp³-hybridized carbons (Fsp3) is 0.769. The third kappa shape index (κ3) is 1.54. The molecule has 5 nitrogen and oxygen atoms in total. The average molecular weight is 251 g/mol. The normalized spacial score (nSPS) is 29.6. The van der Waals surface area contributed by atoms with Crippen molar-refractivity contribution in [1.29, 1.82) is 0 Å². The molecule has 2 unspecified atom stereocenters. The van der Waals surface area contributed by atoms with Gasteiger partial charge in [-0.3, -0.25) is 10.00 Å². The molecule has 1 aliphatic heterocycles. The molecule has 1 aromatic rings. The molecule has 0 bridgehead atoms. The van der Waals surface area contributed by atoms with Gasteiger partial charge in [-0.15, -0.1) is 0 Å². The Hall–Kier alpha value is -0.910. The molecular weight excluding hydrogens is 230 g/mol. The van der Waals surface area contributed by atoms with Gasteiger partial charge in [-0.25, -0.2) is 0 Å². The summed E-state index contributed by atoms with van der Waals surface area (Å²) >= 11 is 0. The predicted molar refractivity (Wildman–Crippen MR) is 66.9 cm³/mol. The highest BCUT2D eigenvalue weighted by atomic mass is 16.3. The summed E-state index contributed by atoms with van der Waals surface area (Å²) in [7, 11) is 0. The van der Waals surface area contributed by atoms with Gasteiger partial charge in [0.1, 0.15) is 0 Å². The Morgan fingerprint density at radius 3 is 2.33 bits per heavy atom. The van der Waals surface area contributed by atoms with Crippen molar-refractivity contribution in [1.82, 2.24) is 15.1 Å². The van der Waals surface area contributed by atoms with Crippen molar-refractivity contribution in [2.24, 2.45) is 17.3 Å². The molecule has 3 rings (SSSR count). The molecule has 1 saturated carbocycles. The van der Waals surface area contributed by atoms with Crippen molar-refractivity contribution in [2.75, 3.05) is 26.3 Å². The minimum atomic E-state index is -0.184. The fourth-order valence-corrected chi connectivity index (χ4v) is 3.60. The van der Waals surface area contributed by atoms with Gasteiger partial charge >= 0.3 is 0 Å². The molecule has 2 heterocycles. The number of rotatable bonds is 4. The third-order valence-electron chi connectivity index (χ3n) is 5.01. The number of hydrogen-bond donors (Lipinski definition) is 3. The van der Waals surface area contributed by atoms with Crippen LogP contribution in [0.3, 0.4) is 0 Å². The molecule has 2 fully saturated rings. The number of aliphatic hydroxyl groups excluding tert-OH is 2. The number of piperidine rings is 1. The van der Waals surface area contributed by atoms with E-state index in [4.69, 9.17) is 0 Å². The summed E-state index contributed by atoms with van der Waals surface area (Å²) in [4.78, 5) is 2.41. The molecule has 0 radical (unpaired) electrons. The molecule has 1 aromatic heterocycles. The zero-order chi connectivity index (χ0) is 12.9. The van der Waals surface area contributed by atoms with E-state index in [2.05, 4.69) is 22.0 Å². The largest absolute Gasteiger partial charge is 0.396 e. The highest BCUT2D eigenvalue weighted by Gasteiger charge is 2.67. The minimum absolute atomic E-state index is 0.121. The van der Waals surface area contributed by atoms with Crippen LogP contribution >= 0.6 is 0 Å². The van der Waals surface area contributed by atoms with Crippen LogP contribution in [0.2, 0.25) is 0 Å². The standard InChI is InChI=1S/C13H21N3O2/c1-8-10(9(2)15-14-8)3-16-4-11-12(5-16)13(11,6-17)7-18/h11-12,17-18H,3-7H2,1-2H3,(H,14,15). The number of H-pyrrole nitrogens is 1. The van der Waals surface area contributed by atoms with Crippen LogP contribution in [0.25, 0.3) is 0 Å². The number of likely N-dealkylation sites (tertiary alicyclic amines) is 1. The van der Waals surface area contributed by atoms with Gasteiger partial charge in [0.2, 0.25) is 0 Å². The van der Waals surface area contributed by atoms with Crippen molar-refractivity contribution in [3.63, 3.8) is 0 Å². The van der Waals surface area contributed by atoms with E-state index in [0.717, 1.165) is 31.0 Å². The minimum Gasteiger partial charge on any atom is -0.396 e. The number of aromatic nitrogens is 2. The van der Waals surface area contributed by atoms with Gasteiger partial charge < -0.3 is 10.2 Å². The molecule has 0 aromatic carbocycles. The van der Waals surface area contributed by atoms with Gasteiger partial charge in [-0.05, 0) is 25.7 Å². The summed E-state index contributed by atoms with van der Waals surface area (Å²) in [5.74, 6) is 0.944.